The number of nitrogens with zero attached hydrogens (tertiary/aromatic N) is 2. The predicted octanol–water partition coefficient (Wildman–Crippen LogP) is 3.53. The summed E-state index contributed by atoms with van der Waals surface area (Å²) in [6.45, 7) is 3.37. The molecule has 1 unspecified atom stereocenters. The molecule has 0 saturated carbocycles. The molecule has 1 aromatic heterocycles. The van der Waals surface area contributed by atoms with Crippen LogP contribution >= 0.6 is 36.2 Å². The monoisotopic (exact) mass is 373 g/mol. The number of halogens is 2. The van der Waals surface area contributed by atoms with Gasteiger partial charge < -0.3 is 10.6 Å². The quantitative estimate of drug-likeness (QED) is 0.875. The molecule has 1 atom stereocenters. The first-order valence-electron chi connectivity index (χ1n) is 7.23. The number of hydrogen-bond donors (Lipinski definition) is 1. The third kappa shape index (κ3) is 4.44. The van der Waals surface area contributed by atoms with Crippen LogP contribution in [0.1, 0.15) is 27.5 Å². The van der Waals surface area contributed by atoms with E-state index in [0.717, 1.165) is 40.5 Å². The molecule has 0 bridgehead atoms. The normalized spacial score (nSPS) is 17.1. The van der Waals surface area contributed by atoms with Crippen LogP contribution in [0, 0.1) is 6.92 Å². The van der Waals surface area contributed by atoms with Crippen LogP contribution in [0.25, 0.3) is 11.3 Å². The Hall–Kier alpha value is -1.14. The number of amides is 1. The SMILES string of the molecule is Cc1nc(-c2ccccc2)c(C(=O)N2CCCC(N)C2)s1.Cl.Cl. The Morgan fingerprint density at radius 2 is 2.00 bits per heavy atom. The summed E-state index contributed by atoms with van der Waals surface area (Å²) in [6, 6.07) is 9.98. The number of carbonyl (C=O) groups excluding carboxylic acids is 1. The molecule has 0 spiro atoms. The molecule has 23 heavy (non-hydrogen) atoms. The first-order chi connectivity index (χ1) is 10.1. The van der Waals surface area contributed by atoms with E-state index in [1.165, 1.54) is 11.3 Å². The third-order valence-corrected chi connectivity index (χ3v) is 4.68. The molecule has 2 aromatic rings. The van der Waals surface area contributed by atoms with Crippen molar-refractivity contribution in [2.24, 2.45) is 5.73 Å². The average molecular weight is 374 g/mol. The van der Waals surface area contributed by atoms with E-state index >= 15 is 0 Å². The lowest BCUT2D eigenvalue weighted by molar-refractivity contribution is 0.0714. The van der Waals surface area contributed by atoms with Crippen LogP contribution in [-0.4, -0.2) is 34.9 Å². The van der Waals surface area contributed by atoms with Gasteiger partial charge in [0.2, 0.25) is 0 Å². The van der Waals surface area contributed by atoms with Gasteiger partial charge in [0.05, 0.1) is 10.7 Å². The zero-order valence-electron chi connectivity index (χ0n) is 12.9. The molecule has 1 aliphatic rings. The maximum Gasteiger partial charge on any atom is 0.266 e. The molecule has 3 rings (SSSR count). The minimum atomic E-state index is 0. The number of likely N-dealkylation sites (tertiary alicyclic amines) is 1. The van der Waals surface area contributed by atoms with E-state index in [4.69, 9.17) is 5.73 Å². The Morgan fingerprint density at radius 1 is 1.30 bits per heavy atom. The van der Waals surface area contributed by atoms with Crippen LogP contribution < -0.4 is 5.73 Å². The highest BCUT2D eigenvalue weighted by atomic mass is 35.5. The molecular formula is C16H21Cl2N3OS. The van der Waals surface area contributed by atoms with E-state index in [0.29, 0.717) is 6.54 Å². The molecule has 1 amide bonds. The van der Waals surface area contributed by atoms with Crippen molar-refractivity contribution in [3.8, 4) is 11.3 Å². The van der Waals surface area contributed by atoms with Gasteiger partial charge in [-0.1, -0.05) is 30.3 Å². The van der Waals surface area contributed by atoms with Crippen molar-refractivity contribution < 1.29 is 4.79 Å². The van der Waals surface area contributed by atoms with Gasteiger partial charge in [0.1, 0.15) is 4.88 Å². The standard InChI is InChI=1S/C16H19N3OS.2ClH/c1-11-18-14(12-6-3-2-4-7-12)15(21-11)16(20)19-9-5-8-13(17)10-19;;/h2-4,6-7,13H,5,8-10,17H2,1H3;2*1H. The summed E-state index contributed by atoms with van der Waals surface area (Å²) in [5.41, 5.74) is 7.78. The Labute approximate surface area is 152 Å². The highest BCUT2D eigenvalue weighted by Crippen LogP contribution is 2.29. The molecule has 1 aliphatic heterocycles. The van der Waals surface area contributed by atoms with Crippen molar-refractivity contribution >= 4 is 42.1 Å². The van der Waals surface area contributed by atoms with Gasteiger partial charge in [-0.15, -0.1) is 36.2 Å². The fraction of sp³-hybridized carbons (Fsp3) is 0.375. The number of aryl methyl sites for hydroxylation is 1. The predicted molar refractivity (Wildman–Crippen MR) is 99.9 cm³/mol. The third-order valence-electron chi connectivity index (χ3n) is 3.72. The summed E-state index contributed by atoms with van der Waals surface area (Å²) in [7, 11) is 0. The highest BCUT2D eigenvalue weighted by molar-refractivity contribution is 7.14. The lowest BCUT2D eigenvalue weighted by atomic mass is 10.1. The molecule has 2 N–H and O–H groups in total. The van der Waals surface area contributed by atoms with Gasteiger partial charge in [-0.05, 0) is 19.8 Å². The van der Waals surface area contributed by atoms with Crippen LogP contribution in [0.15, 0.2) is 30.3 Å². The van der Waals surface area contributed by atoms with Crippen LogP contribution in [0.2, 0.25) is 0 Å². The fourth-order valence-electron chi connectivity index (χ4n) is 2.70. The van der Waals surface area contributed by atoms with E-state index < -0.39 is 0 Å². The summed E-state index contributed by atoms with van der Waals surface area (Å²) < 4.78 is 0. The Kier molecular flexibility index (Phi) is 7.48. The molecule has 0 radical (unpaired) electrons. The number of benzene rings is 1. The molecule has 126 valence electrons. The highest BCUT2D eigenvalue weighted by Gasteiger charge is 2.26. The van der Waals surface area contributed by atoms with Crippen molar-refractivity contribution in [2.45, 2.75) is 25.8 Å². The van der Waals surface area contributed by atoms with E-state index in [9.17, 15) is 4.79 Å². The zero-order valence-corrected chi connectivity index (χ0v) is 15.3. The molecule has 0 aliphatic carbocycles. The molecule has 1 fully saturated rings. The number of rotatable bonds is 2. The maximum atomic E-state index is 12.8. The van der Waals surface area contributed by atoms with Crippen molar-refractivity contribution in [1.82, 2.24) is 9.88 Å². The largest absolute Gasteiger partial charge is 0.336 e. The molecule has 4 nitrogen and oxygen atoms in total. The van der Waals surface area contributed by atoms with Gasteiger partial charge in [-0.2, -0.15) is 0 Å². The second kappa shape index (κ2) is 8.64. The second-order valence-electron chi connectivity index (χ2n) is 5.43. The first-order valence-corrected chi connectivity index (χ1v) is 8.04. The number of nitrogens with two attached hydrogens (primary N) is 1. The van der Waals surface area contributed by atoms with Crippen LogP contribution in [0.5, 0.6) is 0 Å². The van der Waals surface area contributed by atoms with Crippen LogP contribution in [0.4, 0.5) is 0 Å². The van der Waals surface area contributed by atoms with Crippen molar-refractivity contribution in [3.63, 3.8) is 0 Å². The van der Waals surface area contributed by atoms with E-state index in [2.05, 4.69) is 4.98 Å². The molecule has 2 heterocycles. The Balaban J connectivity index is 0.00000132. The number of thiazole rings is 1. The summed E-state index contributed by atoms with van der Waals surface area (Å²) in [5.74, 6) is 0.0644. The summed E-state index contributed by atoms with van der Waals surface area (Å²) in [6.07, 6.45) is 1.97. The lowest BCUT2D eigenvalue weighted by Crippen LogP contribution is -2.45. The molecule has 1 saturated heterocycles. The van der Waals surface area contributed by atoms with Crippen molar-refractivity contribution in [3.05, 3.63) is 40.2 Å². The fourth-order valence-corrected chi connectivity index (χ4v) is 3.61. The number of aromatic nitrogens is 1. The summed E-state index contributed by atoms with van der Waals surface area (Å²) >= 11 is 1.47. The van der Waals surface area contributed by atoms with Gasteiger partial charge in [0, 0.05) is 24.7 Å². The average Bonchev–Trinajstić information content (AvgIpc) is 2.89. The number of hydrogen-bond acceptors (Lipinski definition) is 4. The summed E-state index contributed by atoms with van der Waals surface area (Å²) in [4.78, 5) is 19.9. The topological polar surface area (TPSA) is 59.2 Å². The van der Waals surface area contributed by atoms with Gasteiger partial charge in [-0.25, -0.2) is 4.98 Å². The van der Waals surface area contributed by atoms with E-state index in [1.54, 1.807) is 0 Å². The van der Waals surface area contributed by atoms with Crippen molar-refractivity contribution in [1.29, 1.82) is 0 Å². The van der Waals surface area contributed by atoms with Crippen LogP contribution in [-0.2, 0) is 0 Å². The molecule has 1 aromatic carbocycles. The van der Waals surface area contributed by atoms with Gasteiger partial charge in [0.15, 0.2) is 0 Å². The smallest absolute Gasteiger partial charge is 0.266 e. The lowest BCUT2D eigenvalue weighted by Gasteiger charge is -2.30. The summed E-state index contributed by atoms with van der Waals surface area (Å²) in [5, 5.41) is 0.915. The Morgan fingerprint density at radius 3 is 2.65 bits per heavy atom. The van der Waals surface area contributed by atoms with Gasteiger partial charge in [0.25, 0.3) is 5.91 Å². The van der Waals surface area contributed by atoms with Gasteiger partial charge in [-0.3, -0.25) is 4.79 Å². The zero-order chi connectivity index (χ0) is 14.8. The number of piperidine rings is 1. The van der Waals surface area contributed by atoms with Gasteiger partial charge >= 0.3 is 0 Å². The minimum absolute atomic E-state index is 0. The van der Waals surface area contributed by atoms with Crippen molar-refractivity contribution in [2.75, 3.05) is 13.1 Å². The Bertz CT molecular complexity index is 648. The van der Waals surface area contributed by atoms with Crippen LogP contribution in [0.3, 0.4) is 0 Å². The second-order valence-corrected chi connectivity index (χ2v) is 6.63. The van der Waals surface area contributed by atoms with E-state index in [-0.39, 0.29) is 36.8 Å². The first kappa shape index (κ1) is 19.9. The maximum absolute atomic E-state index is 12.8. The minimum Gasteiger partial charge on any atom is -0.336 e. The van der Waals surface area contributed by atoms with E-state index in [1.807, 2.05) is 42.2 Å². The molecular weight excluding hydrogens is 353 g/mol. The molecule has 7 heteroatoms. The number of carbonyl (C=O) groups is 1.